The molecule has 0 saturated heterocycles. The Morgan fingerprint density at radius 1 is 1.36 bits per heavy atom. The Morgan fingerprint density at radius 2 is 1.86 bits per heavy atom. The van der Waals surface area contributed by atoms with Crippen molar-refractivity contribution in [2.75, 3.05) is 6.54 Å². The monoisotopic (exact) mass is 216 g/mol. The van der Waals surface area contributed by atoms with E-state index in [4.69, 9.17) is 16.6 Å². The van der Waals surface area contributed by atoms with E-state index in [1.807, 2.05) is 0 Å². The van der Waals surface area contributed by atoms with Gasteiger partial charge in [0, 0.05) is 12.6 Å². The first kappa shape index (κ1) is 12.9. The van der Waals surface area contributed by atoms with Crippen molar-refractivity contribution in [3.05, 3.63) is 35.4 Å². The molecule has 78 valence electrons. The molecule has 0 spiro atoms. The van der Waals surface area contributed by atoms with Gasteiger partial charge in [-0.3, -0.25) is 0 Å². The third-order valence-corrected chi connectivity index (χ3v) is 1.84. The molecular formula is C9H13ClN2O2. The Labute approximate surface area is 88.3 Å². The quantitative estimate of drug-likeness (QED) is 0.696. The Balaban J connectivity index is 0.00000169. The molecule has 5 heteroatoms. The molecule has 0 aliphatic rings. The van der Waals surface area contributed by atoms with Gasteiger partial charge in [0.2, 0.25) is 0 Å². The second-order valence-corrected chi connectivity index (χ2v) is 2.77. The third-order valence-electron chi connectivity index (χ3n) is 1.84. The zero-order valence-corrected chi connectivity index (χ0v) is 8.33. The van der Waals surface area contributed by atoms with E-state index in [9.17, 15) is 4.79 Å². The highest BCUT2D eigenvalue weighted by atomic mass is 35.5. The van der Waals surface area contributed by atoms with Crippen molar-refractivity contribution in [1.29, 1.82) is 0 Å². The van der Waals surface area contributed by atoms with Gasteiger partial charge >= 0.3 is 5.97 Å². The molecule has 0 saturated carbocycles. The highest BCUT2D eigenvalue weighted by Crippen LogP contribution is 2.10. The average Bonchev–Trinajstić information content (AvgIpc) is 2.17. The lowest BCUT2D eigenvalue weighted by Crippen LogP contribution is -2.20. The molecule has 0 aliphatic heterocycles. The number of carboxylic acid groups (broad SMARTS) is 1. The fourth-order valence-electron chi connectivity index (χ4n) is 1.01. The Bertz CT molecular complexity index is 300. The second-order valence-electron chi connectivity index (χ2n) is 2.77. The number of halogens is 1. The summed E-state index contributed by atoms with van der Waals surface area (Å²) in [6.07, 6.45) is 0. The largest absolute Gasteiger partial charge is 0.478 e. The topological polar surface area (TPSA) is 89.3 Å². The number of carboxylic acids is 1. The number of nitrogens with two attached hydrogens (primary N) is 2. The fraction of sp³-hybridized carbons (Fsp3) is 0.222. The second kappa shape index (κ2) is 5.59. The van der Waals surface area contributed by atoms with E-state index in [2.05, 4.69) is 0 Å². The summed E-state index contributed by atoms with van der Waals surface area (Å²) in [4.78, 5) is 10.5. The Kier molecular flexibility index (Phi) is 5.15. The Morgan fingerprint density at radius 3 is 2.21 bits per heavy atom. The number of rotatable bonds is 3. The summed E-state index contributed by atoms with van der Waals surface area (Å²) in [6.45, 7) is 0.354. The Hall–Kier alpha value is -1.10. The van der Waals surface area contributed by atoms with Gasteiger partial charge in [-0.15, -0.1) is 12.4 Å². The molecule has 1 aromatic rings. The van der Waals surface area contributed by atoms with Crippen LogP contribution in [0.3, 0.4) is 0 Å². The number of carbonyl (C=O) groups is 1. The van der Waals surface area contributed by atoms with Gasteiger partial charge in [-0.05, 0) is 17.7 Å². The maximum absolute atomic E-state index is 10.5. The minimum atomic E-state index is -0.937. The maximum atomic E-state index is 10.5. The van der Waals surface area contributed by atoms with Gasteiger partial charge in [-0.2, -0.15) is 0 Å². The van der Waals surface area contributed by atoms with Crippen LogP contribution in [0.1, 0.15) is 22.0 Å². The standard InChI is InChI=1S/C9H12N2O2.ClH/c10-5-8(11)6-1-3-7(4-2-6)9(12)13;/h1-4,8H,5,10-11H2,(H,12,13);1H/t8-;/m1./s1. The first-order valence-corrected chi connectivity index (χ1v) is 3.94. The van der Waals surface area contributed by atoms with Gasteiger partial charge < -0.3 is 16.6 Å². The zero-order chi connectivity index (χ0) is 9.84. The van der Waals surface area contributed by atoms with E-state index in [0.29, 0.717) is 6.54 Å². The van der Waals surface area contributed by atoms with Crippen molar-refractivity contribution in [2.45, 2.75) is 6.04 Å². The van der Waals surface area contributed by atoms with Crippen LogP contribution in [-0.4, -0.2) is 17.6 Å². The van der Waals surface area contributed by atoms with Crippen molar-refractivity contribution >= 4 is 18.4 Å². The van der Waals surface area contributed by atoms with E-state index in [-0.39, 0.29) is 24.0 Å². The van der Waals surface area contributed by atoms with E-state index >= 15 is 0 Å². The predicted molar refractivity (Wildman–Crippen MR) is 56.6 cm³/mol. The van der Waals surface area contributed by atoms with Gasteiger partial charge in [0.05, 0.1) is 5.56 Å². The minimum Gasteiger partial charge on any atom is -0.478 e. The van der Waals surface area contributed by atoms with E-state index < -0.39 is 5.97 Å². The van der Waals surface area contributed by atoms with Crippen molar-refractivity contribution in [2.24, 2.45) is 11.5 Å². The van der Waals surface area contributed by atoms with E-state index in [1.54, 1.807) is 12.1 Å². The molecule has 0 fully saturated rings. The molecule has 0 amide bonds. The van der Waals surface area contributed by atoms with Crippen molar-refractivity contribution in [3.63, 3.8) is 0 Å². The first-order valence-electron chi connectivity index (χ1n) is 3.94. The molecule has 0 bridgehead atoms. The molecule has 0 radical (unpaired) electrons. The van der Waals surface area contributed by atoms with Crippen LogP contribution in [0.4, 0.5) is 0 Å². The molecule has 1 aromatic carbocycles. The smallest absolute Gasteiger partial charge is 0.335 e. The van der Waals surface area contributed by atoms with Crippen LogP contribution in [0.5, 0.6) is 0 Å². The van der Waals surface area contributed by atoms with Crippen LogP contribution in [0, 0.1) is 0 Å². The summed E-state index contributed by atoms with van der Waals surface area (Å²) in [6, 6.07) is 6.19. The van der Waals surface area contributed by atoms with Crippen molar-refractivity contribution in [1.82, 2.24) is 0 Å². The van der Waals surface area contributed by atoms with Gasteiger partial charge in [0.15, 0.2) is 0 Å². The van der Waals surface area contributed by atoms with Crippen LogP contribution in [-0.2, 0) is 0 Å². The molecular weight excluding hydrogens is 204 g/mol. The molecule has 1 atom stereocenters. The summed E-state index contributed by atoms with van der Waals surface area (Å²) in [5, 5.41) is 8.62. The predicted octanol–water partition coefficient (Wildman–Crippen LogP) is 0.765. The summed E-state index contributed by atoms with van der Waals surface area (Å²) < 4.78 is 0. The zero-order valence-electron chi connectivity index (χ0n) is 7.51. The van der Waals surface area contributed by atoms with Gasteiger partial charge in [-0.1, -0.05) is 12.1 Å². The number of hydrogen-bond donors (Lipinski definition) is 3. The SMILES string of the molecule is Cl.NC[C@@H](N)c1ccc(C(=O)O)cc1. The lowest BCUT2D eigenvalue weighted by atomic mass is 10.1. The third kappa shape index (κ3) is 2.99. The lowest BCUT2D eigenvalue weighted by molar-refractivity contribution is 0.0697. The van der Waals surface area contributed by atoms with Gasteiger partial charge in [0.1, 0.15) is 0 Å². The highest BCUT2D eigenvalue weighted by Gasteiger charge is 2.05. The summed E-state index contributed by atoms with van der Waals surface area (Å²) in [7, 11) is 0. The molecule has 1 rings (SSSR count). The lowest BCUT2D eigenvalue weighted by Gasteiger charge is -2.08. The first-order chi connectivity index (χ1) is 6.15. The normalized spacial score (nSPS) is 11.6. The van der Waals surface area contributed by atoms with Crippen LogP contribution >= 0.6 is 12.4 Å². The maximum Gasteiger partial charge on any atom is 0.335 e. The minimum absolute atomic E-state index is 0. The van der Waals surface area contributed by atoms with Crippen LogP contribution in [0.15, 0.2) is 24.3 Å². The van der Waals surface area contributed by atoms with Crippen molar-refractivity contribution < 1.29 is 9.90 Å². The molecule has 4 nitrogen and oxygen atoms in total. The number of aromatic carboxylic acids is 1. The molecule has 0 aliphatic carbocycles. The van der Waals surface area contributed by atoms with Crippen LogP contribution in [0.25, 0.3) is 0 Å². The molecule has 0 heterocycles. The number of benzene rings is 1. The summed E-state index contributed by atoms with van der Waals surface area (Å²) in [5.41, 5.74) is 12.1. The molecule has 14 heavy (non-hydrogen) atoms. The van der Waals surface area contributed by atoms with E-state index in [0.717, 1.165) is 5.56 Å². The van der Waals surface area contributed by atoms with E-state index in [1.165, 1.54) is 12.1 Å². The molecule has 5 N–H and O–H groups in total. The van der Waals surface area contributed by atoms with Gasteiger partial charge in [-0.25, -0.2) is 4.79 Å². The fourth-order valence-corrected chi connectivity index (χ4v) is 1.01. The van der Waals surface area contributed by atoms with Gasteiger partial charge in [0.25, 0.3) is 0 Å². The van der Waals surface area contributed by atoms with Crippen molar-refractivity contribution in [3.8, 4) is 0 Å². The summed E-state index contributed by atoms with van der Waals surface area (Å²) in [5.74, 6) is -0.937. The van der Waals surface area contributed by atoms with Crippen LogP contribution in [0.2, 0.25) is 0 Å². The molecule has 0 aromatic heterocycles. The number of hydrogen-bond acceptors (Lipinski definition) is 3. The highest BCUT2D eigenvalue weighted by molar-refractivity contribution is 5.87. The summed E-state index contributed by atoms with van der Waals surface area (Å²) >= 11 is 0. The van der Waals surface area contributed by atoms with Crippen LogP contribution < -0.4 is 11.5 Å². The molecule has 0 unspecified atom stereocenters. The average molecular weight is 217 g/mol.